The molecule has 0 spiro atoms. The average molecular weight is 235 g/mol. The molecule has 5 heteroatoms. The average Bonchev–Trinajstić information content (AvgIpc) is 2.80. The second-order valence-corrected chi connectivity index (χ2v) is 4.31. The lowest BCUT2D eigenvalue weighted by Gasteiger charge is -2.17. The quantitative estimate of drug-likeness (QED) is 0.887. The van der Waals surface area contributed by atoms with Crippen LogP contribution in [0.3, 0.4) is 0 Å². The van der Waals surface area contributed by atoms with Crippen molar-refractivity contribution in [3.63, 3.8) is 0 Å². The van der Waals surface area contributed by atoms with Crippen molar-refractivity contribution in [2.45, 2.75) is 19.4 Å². The summed E-state index contributed by atoms with van der Waals surface area (Å²) in [5.74, 6) is 0.677. The molecule has 0 bridgehead atoms. The van der Waals surface area contributed by atoms with Crippen molar-refractivity contribution in [1.82, 2.24) is 15.5 Å². The van der Waals surface area contributed by atoms with Crippen LogP contribution in [0.5, 0.6) is 0 Å². The van der Waals surface area contributed by atoms with E-state index in [1.54, 1.807) is 12.1 Å². The molecule has 0 aliphatic rings. The fourth-order valence-electron chi connectivity index (χ4n) is 1.30. The number of benzene rings is 1. The highest BCUT2D eigenvalue weighted by Crippen LogP contribution is 2.22. The molecule has 0 fully saturated rings. The molecule has 1 aromatic heterocycles. The van der Waals surface area contributed by atoms with Gasteiger partial charge in [0.15, 0.2) is 0 Å². The fourth-order valence-corrected chi connectivity index (χ4v) is 1.30. The first kappa shape index (κ1) is 11.7. The van der Waals surface area contributed by atoms with E-state index in [0.717, 1.165) is 5.56 Å². The van der Waals surface area contributed by atoms with Crippen molar-refractivity contribution >= 4 is 0 Å². The summed E-state index contributed by atoms with van der Waals surface area (Å²) in [4.78, 5) is 4.29. The van der Waals surface area contributed by atoms with Gasteiger partial charge in [0.25, 0.3) is 0 Å². The van der Waals surface area contributed by atoms with Crippen LogP contribution in [0, 0.1) is 5.82 Å². The number of hydrogen-bond acceptors (Lipinski definition) is 4. The van der Waals surface area contributed by atoms with Crippen molar-refractivity contribution in [1.29, 1.82) is 0 Å². The predicted molar refractivity (Wildman–Crippen MR) is 61.8 cm³/mol. The molecular weight excluding hydrogens is 221 g/mol. The van der Waals surface area contributed by atoms with E-state index >= 15 is 0 Å². The minimum Gasteiger partial charge on any atom is -0.337 e. The Labute approximate surface area is 98.8 Å². The minimum atomic E-state index is -0.384. The zero-order valence-corrected chi connectivity index (χ0v) is 9.99. The first-order chi connectivity index (χ1) is 8.03. The van der Waals surface area contributed by atoms with E-state index in [4.69, 9.17) is 4.52 Å². The summed E-state index contributed by atoms with van der Waals surface area (Å²) in [6.45, 7) is 3.88. The maximum absolute atomic E-state index is 12.8. The molecule has 1 N–H and O–H groups in total. The smallest absolute Gasteiger partial charge is 0.246 e. The summed E-state index contributed by atoms with van der Waals surface area (Å²) >= 11 is 0. The van der Waals surface area contributed by atoms with Gasteiger partial charge in [-0.1, -0.05) is 5.16 Å². The second kappa shape index (κ2) is 4.25. The van der Waals surface area contributed by atoms with Gasteiger partial charge in [-0.15, -0.1) is 0 Å². The molecule has 17 heavy (non-hydrogen) atoms. The minimum absolute atomic E-state index is 0.284. The van der Waals surface area contributed by atoms with E-state index in [-0.39, 0.29) is 11.4 Å². The zero-order chi connectivity index (χ0) is 12.5. The molecule has 0 saturated heterocycles. The fraction of sp³-hybridized carbons (Fsp3) is 0.333. The Morgan fingerprint density at radius 2 is 1.88 bits per heavy atom. The first-order valence-electron chi connectivity index (χ1n) is 5.32. The normalized spacial score (nSPS) is 11.8. The second-order valence-electron chi connectivity index (χ2n) is 4.31. The summed E-state index contributed by atoms with van der Waals surface area (Å²) in [6, 6.07) is 5.98. The molecule has 0 aliphatic heterocycles. The van der Waals surface area contributed by atoms with Gasteiger partial charge < -0.3 is 9.84 Å². The van der Waals surface area contributed by atoms with Gasteiger partial charge in [-0.2, -0.15) is 4.98 Å². The SMILES string of the molecule is CNC(C)(C)c1nc(-c2ccc(F)cc2)no1. The first-order valence-corrected chi connectivity index (χ1v) is 5.32. The maximum Gasteiger partial charge on any atom is 0.246 e. The van der Waals surface area contributed by atoms with Crippen LogP contribution in [0.15, 0.2) is 28.8 Å². The summed E-state index contributed by atoms with van der Waals surface area (Å²) in [7, 11) is 1.82. The molecule has 2 rings (SSSR count). The lowest BCUT2D eigenvalue weighted by Crippen LogP contribution is -2.33. The maximum atomic E-state index is 12.8. The Kier molecular flexibility index (Phi) is 2.93. The Balaban J connectivity index is 2.33. The molecule has 1 aromatic carbocycles. The van der Waals surface area contributed by atoms with Gasteiger partial charge in [0, 0.05) is 5.56 Å². The molecule has 1 heterocycles. The molecule has 0 amide bonds. The van der Waals surface area contributed by atoms with E-state index in [1.165, 1.54) is 12.1 Å². The number of halogens is 1. The molecule has 0 atom stereocenters. The molecule has 0 unspecified atom stereocenters. The summed E-state index contributed by atoms with van der Waals surface area (Å²) in [6.07, 6.45) is 0. The Hall–Kier alpha value is -1.75. The van der Waals surface area contributed by atoms with Crippen LogP contribution in [0.1, 0.15) is 19.7 Å². The highest BCUT2D eigenvalue weighted by Gasteiger charge is 2.25. The zero-order valence-electron chi connectivity index (χ0n) is 9.99. The number of hydrogen-bond donors (Lipinski definition) is 1. The van der Waals surface area contributed by atoms with Gasteiger partial charge in [-0.05, 0) is 45.2 Å². The Bertz CT molecular complexity index is 505. The number of rotatable bonds is 3. The van der Waals surface area contributed by atoms with Crippen LogP contribution in [0.25, 0.3) is 11.4 Å². The van der Waals surface area contributed by atoms with Crippen LogP contribution in [-0.4, -0.2) is 17.2 Å². The van der Waals surface area contributed by atoms with Crippen molar-refractivity contribution in [2.24, 2.45) is 0 Å². The third-order valence-corrected chi connectivity index (χ3v) is 2.69. The van der Waals surface area contributed by atoms with E-state index in [1.807, 2.05) is 20.9 Å². The van der Waals surface area contributed by atoms with E-state index < -0.39 is 0 Å². The lowest BCUT2D eigenvalue weighted by molar-refractivity contribution is 0.281. The van der Waals surface area contributed by atoms with Gasteiger partial charge in [-0.25, -0.2) is 4.39 Å². The van der Waals surface area contributed by atoms with E-state index in [9.17, 15) is 4.39 Å². The molecule has 0 radical (unpaired) electrons. The summed E-state index contributed by atoms with van der Waals surface area (Å²) in [5, 5.41) is 6.96. The highest BCUT2D eigenvalue weighted by atomic mass is 19.1. The predicted octanol–water partition coefficient (Wildman–Crippen LogP) is 2.33. The topological polar surface area (TPSA) is 51.0 Å². The molecule has 0 aliphatic carbocycles. The Morgan fingerprint density at radius 3 is 2.47 bits per heavy atom. The van der Waals surface area contributed by atoms with Crippen LogP contribution < -0.4 is 5.32 Å². The van der Waals surface area contributed by atoms with E-state index in [0.29, 0.717) is 11.7 Å². The largest absolute Gasteiger partial charge is 0.337 e. The van der Waals surface area contributed by atoms with Crippen LogP contribution in [-0.2, 0) is 5.54 Å². The van der Waals surface area contributed by atoms with Crippen molar-refractivity contribution in [3.8, 4) is 11.4 Å². The van der Waals surface area contributed by atoms with Crippen molar-refractivity contribution in [2.75, 3.05) is 7.05 Å². The van der Waals surface area contributed by atoms with Gasteiger partial charge in [-0.3, -0.25) is 0 Å². The van der Waals surface area contributed by atoms with Gasteiger partial charge in [0.05, 0.1) is 5.54 Å². The Morgan fingerprint density at radius 1 is 1.24 bits per heavy atom. The molecule has 0 saturated carbocycles. The molecular formula is C12H14FN3O. The standard InChI is InChI=1S/C12H14FN3O/c1-12(2,14-3)11-15-10(16-17-11)8-4-6-9(13)7-5-8/h4-7,14H,1-3H3. The van der Waals surface area contributed by atoms with Crippen LogP contribution >= 0.6 is 0 Å². The van der Waals surface area contributed by atoms with Gasteiger partial charge >= 0.3 is 0 Å². The number of aromatic nitrogens is 2. The van der Waals surface area contributed by atoms with Crippen molar-refractivity contribution in [3.05, 3.63) is 36.0 Å². The van der Waals surface area contributed by atoms with Crippen molar-refractivity contribution < 1.29 is 8.91 Å². The summed E-state index contributed by atoms with van der Waals surface area (Å²) in [5.41, 5.74) is 0.346. The monoisotopic (exact) mass is 235 g/mol. The van der Waals surface area contributed by atoms with Gasteiger partial charge in [0.2, 0.25) is 11.7 Å². The van der Waals surface area contributed by atoms with Crippen LogP contribution in [0.2, 0.25) is 0 Å². The van der Waals surface area contributed by atoms with Crippen LogP contribution in [0.4, 0.5) is 4.39 Å². The number of nitrogens with one attached hydrogen (secondary N) is 1. The third kappa shape index (κ3) is 2.34. The van der Waals surface area contributed by atoms with E-state index in [2.05, 4.69) is 15.5 Å². The molecule has 90 valence electrons. The molecule has 2 aromatic rings. The highest BCUT2D eigenvalue weighted by molar-refractivity contribution is 5.53. The third-order valence-electron chi connectivity index (χ3n) is 2.69. The lowest BCUT2D eigenvalue weighted by atomic mass is 10.1. The van der Waals surface area contributed by atoms with Gasteiger partial charge in [0.1, 0.15) is 5.82 Å². The number of nitrogens with zero attached hydrogens (tertiary/aromatic N) is 2. The molecule has 4 nitrogen and oxygen atoms in total. The summed E-state index contributed by atoms with van der Waals surface area (Å²) < 4.78 is 18.0.